The van der Waals surface area contributed by atoms with Crippen LogP contribution in [0.5, 0.6) is 5.75 Å². The van der Waals surface area contributed by atoms with E-state index in [4.69, 9.17) is 4.74 Å². The summed E-state index contributed by atoms with van der Waals surface area (Å²) in [5.41, 5.74) is 1.42. The van der Waals surface area contributed by atoms with Gasteiger partial charge in [-0.25, -0.2) is 4.39 Å². The number of carbonyl (C=O) groups excluding carboxylic acids is 2. The molecular formula is C24H24FN5O4. The van der Waals surface area contributed by atoms with E-state index in [1.807, 2.05) is 0 Å². The third kappa shape index (κ3) is 3.79. The van der Waals surface area contributed by atoms with E-state index >= 15 is 0 Å². The molecule has 5 rings (SSSR count). The van der Waals surface area contributed by atoms with Gasteiger partial charge < -0.3 is 14.8 Å². The number of ether oxygens (including phenoxy) is 1. The van der Waals surface area contributed by atoms with Crippen molar-refractivity contribution in [3.63, 3.8) is 0 Å². The maximum Gasteiger partial charge on any atom is 0.220 e. The van der Waals surface area contributed by atoms with Crippen LogP contribution in [0.2, 0.25) is 0 Å². The van der Waals surface area contributed by atoms with Crippen molar-refractivity contribution in [3.8, 4) is 5.75 Å². The van der Waals surface area contributed by atoms with E-state index in [9.17, 15) is 19.2 Å². The predicted octanol–water partition coefficient (Wildman–Crippen LogP) is 1.65. The van der Waals surface area contributed by atoms with Crippen LogP contribution in [0.25, 0.3) is 0 Å². The van der Waals surface area contributed by atoms with Crippen molar-refractivity contribution in [2.75, 3.05) is 44.7 Å². The topological polar surface area (TPSA) is 94.6 Å². The zero-order chi connectivity index (χ0) is 23.8. The molecular weight excluding hydrogens is 441 g/mol. The third-order valence-electron chi connectivity index (χ3n) is 6.42. The van der Waals surface area contributed by atoms with Crippen LogP contribution in [-0.4, -0.2) is 66.1 Å². The molecule has 34 heavy (non-hydrogen) atoms. The molecule has 1 aliphatic heterocycles. The summed E-state index contributed by atoms with van der Waals surface area (Å²) < 4.78 is 20.1. The Bertz CT molecular complexity index is 1270. The highest BCUT2D eigenvalue weighted by atomic mass is 19.1. The Morgan fingerprint density at radius 1 is 1.03 bits per heavy atom. The van der Waals surface area contributed by atoms with Gasteiger partial charge in [-0.05, 0) is 18.6 Å². The third-order valence-corrected chi connectivity index (χ3v) is 6.42. The number of aromatic nitrogens is 3. The molecule has 0 unspecified atom stereocenters. The second-order valence-electron chi connectivity index (χ2n) is 8.38. The number of nitrogens with zero attached hydrogens (tertiary/aromatic N) is 5. The molecule has 0 radical (unpaired) electrons. The Morgan fingerprint density at radius 3 is 2.44 bits per heavy atom. The van der Waals surface area contributed by atoms with E-state index < -0.39 is 5.78 Å². The summed E-state index contributed by atoms with van der Waals surface area (Å²) in [5.74, 6) is -0.575. The van der Waals surface area contributed by atoms with Crippen LogP contribution in [-0.2, 0) is 6.54 Å². The molecule has 0 N–H and O–H groups in total. The largest absolute Gasteiger partial charge is 0.571 e. The van der Waals surface area contributed by atoms with E-state index in [1.54, 1.807) is 30.3 Å². The Morgan fingerprint density at radius 2 is 1.74 bits per heavy atom. The van der Waals surface area contributed by atoms with Crippen LogP contribution in [0.1, 0.15) is 38.5 Å². The Kier molecular flexibility index (Phi) is 5.74. The first-order chi connectivity index (χ1) is 16.5. The molecule has 2 aliphatic rings. The Hall–Kier alpha value is -3.79. The summed E-state index contributed by atoms with van der Waals surface area (Å²) >= 11 is 0. The molecule has 0 amide bonds. The lowest BCUT2D eigenvalue weighted by Gasteiger charge is -2.36. The molecule has 2 aromatic carbocycles. The minimum atomic E-state index is -0.402. The standard InChI is InChI=1S/C24H24FN5O4/c1-34-20-15-16(25)7-8-19(20)28-13-11-27(12-14-28)9-4-10-29-22-21(26-30(29)33)23(31)17-5-2-3-6-18(17)24(22)32/h2-3,5-8,15H,4,9-14H2,1H3. The quantitative estimate of drug-likeness (QED) is 0.316. The predicted molar refractivity (Wildman–Crippen MR) is 121 cm³/mol. The highest BCUT2D eigenvalue weighted by molar-refractivity contribution is 6.26. The average molecular weight is 465 g/mol. The van der Waals surface area contributed by atoms with E-state index in [0.717, 1.165) is 38.4 Å². The summed E-state index contributed by atoms with van der Waals surface area (Å²) in [6, 6.07) is 11.1. The van der Waals surface area contributed by atoms with Crippen molar-refractivity contribution in [3.05, 3.63) is 76.0 Å². The van der Waals surface area contributed by atoms with Gasteiger partial charge in [0.05, 0.1) is 19.3 Å². The molecule has 176 valence electrons. The molecule has 1 aliphatic carbocycles. The van der Waals surface area contributed by atoms with Gasteiger partial charge in [0.1, 0.15) is 11.6 Å². The van der Waals surface area contributed by atoms with Crippen molar-refractivity contribution in [2.45, 2.75) is 13.0 Å². The lowest BCUT2D eigenvalue weighted by Crippen LogP contribution is -2.47. The Labute approximate surface area is 195 Å². The zero-order valence-corrected chi connectivity index (χ0v) is 18.7. The molecule has 2 heterocycles. The molecule has 0 spiro atoms. The first-order valence-corrected chi connectivity index (χ1v) is 11.2. The number of benzene rings is 2. The summed E-state index contributed by atoms with van der Waals surface area (Å²) in [7, 11) is 1.53. The van der Waals surface area contributed by atoms with Crippen LogP contribution in [0.3, 0.4) is 0 Å². The van der Waals surface area contributed by atoms with E-state index in [1.165, 1.54) is 23.9 Å². The number of carbonyl (C=O) groups is 2. The van der Waals surface area contributed by atoms with Gasteiger partial charge >= 0.3 is 0 Å². The second-order valence-corrected chi connectivity index (χ2v) is 8.38. The van der Waals surface area contributed by atoms with Gasteiger partial charge in [-0.2, -0.15) is 0 Å². The van der Waals surface area contributed by atoms with E-state index in [-0.39, 0.29) is 35.1 Å². The SMILES string of the molecule is COc1cc(F)ccc1N1CCN(CCCn2c3c(n[n+]2[O-])C(=O)c2ccccc2C3=O)CC1. The number of methoxy groups -OCH3 is 1. The fourth-order valence-electron chi connectivity index (χ4n) is 4.67. The molecule has 0 saturated carbocycles. The van der Waals surface area contributed by atoms with Crippen molar-refractivity contribution in [1.82, 2.24) is 14.7 Å². The number of ketones is 2. The maximum atomic E-state index is 13.5. The van der Waals surface area contributed by atoms with Crippen LogP contribution < -0.4 is 14.6 Å². The number of hydrogen-bond donors (Lipinski definition) is 0. The number of fused-ring (bicyclic) bond motifs is 2. The smallest absolute Gasteiger partial charge is 0.220 e. The molecule has 9 nitrogen and oxygen atoms in total. The number of anilines is 1. The van der Waals surface area contributed by atoms with Gasteiger partial charge in [0, 0.05) is 60.0 Å². The van der Waals surface area contributed by atoms with Gasteiger partial charge in [-0.3, -0.25) is 14.5 Å². The fourth-order valence-corrected chi connectivity index (χ4v) is 4.67. The molecule has 1 fully saturated rings. The van der Waals surface area contributed by atoms with Crippen LogP contribution in [0, 0.1) is 11.0 Å². The average Bonchev–Trinajstić information content (AvgIpc) is 3.19. The van der Waals surface area contributed by atoms with Gasteiger partial charge in [0.2, 0.25) is 17.3 Å². The van der Waals surface area contributed by atoms with Crippen LogP contribution >= 0.6 is 0 Å². The molecule has 1 aromatic heterocycles. The highest BCUT2D eigenvalue weighted by Crippen LogP contribution is 2.30. The normalized spacial score (nSPS) is 15.9. The van der Waals surface area contributed by atoms with Crippen molar-refractivity contribution < 1.29 is 23.7 Å². The molecule has 1 saturated heterocycles. The first kappa shape index (κ1) is 22.0. The molecule has 3 aromatic rings. The van der Waals surface area contributed by atoms with Crippen molar-refractivity contribution in [1.29, 1.82) is 0 Å². The second kappa shape index (κ2) is 8.86. The lowest BCUT2D eigenvalue weighted by atomic mass is 9.90. The zero-order valence-electron chi connectivity index (χ0n) is 18.7. The summed E-state index contributed by atoms with van der Waals surface area (Å²) in [4.78, 5) is 30.5. The monoisotopic (exact) mass is 465 g/mol. The fraction of sp³-hybridized carbons (Fsp3) is 0.333. The van der Waals surface area contributed by atoms with Crippen LogP contribution in [0.15, 0.2) is 42.5 Å². The Balaban J connectivity index is 1.22. The van der Waals surface area contributed by atoms with Gasteiger partial charge in [-0.1, -0.05) is 24.3 Å². The minimum Gasteiger partial charge on any atom is -0.571 e. The number of hydrogen-bond acceptors (Lipinski definition) is 7. The summed E-state index contributed by atoms with van der Waals surface area (Å²) in [5, 5.41) is 16.2. The maximum absolute atomic E-state index is 13.5. The van der Waals surface area contributed by atoms with E-state index in [0.29, 0.717) is 22.7 Å². The van der Waals surface area contributed by atoms with Gasteiger partial charge in [0.25, 0.3) is 0 Å². The highest BCUT2D eigenvalue weighted by Gasteiger charge is 2.39. The first-order valence-electron chi connectivity index (χ1n) is 11.2. The van der Waals surface area contributed by atoms with Crippen molar-refractivity contribution in [2.24, 2.45) is 0 Å². The number of halogens is 1. The lowest BCUT2D eigenvalue weighted by molar-refractivity contribution is -0.749. The molecule has 0 atom stereocenters. The summed E-state index contributed by atoms with van der Waals surface area (Å²) in [6.07, 6.45) is 0.619. The minimum absolute atomic E-state index is 0.0620. The van der Waals surface area contributed by atoms with Gasteiger partial charge in [0.15, 0.2) is 5.69 Å². The number of piperazine rings is 1. The summed E-state index contributed by atoms with van der Waals surface area (Å²) in [6.45, 7) is 4.11. The molecule has 0 bridgehead atoms. The van der Waals surface area contributed by atoms with Crippen LogP contribution in [0.4, 0.5) is 10.1 Å². The van der Waals surface area contributed by atoms with Gasteiger partial charge in [-0.15, -0.1) is 4.68 Å². The molecule has 10 heteroatoms. The van der Waals surface area contributed by atoms with E-state index in [2.05, 4.69) is 14.9 Å². The van der Waals surface area contributed by atoms with Crippen molar-refractivity contribution >= 4 is 17.3 Å². The number of rotatable bonds is 6.